The number of amides is 1. The molecule has 0 saturated carbocycles. The fourth-order valence-electron chi connectivity index (χ4n) is 2.10. The molecular weight excluding hydrogens is 300 g/mol. The number of aromatic amines is 1. The SMILES string of the molecule is N#CC(C(=O)Nc1ccc(Cl)cc1)c1nc2ccccc2[nH]1. The number of fused-ring (bicyclic) bond motifs is 1. The minimum absolute atomic E-state index is 0.329. The Balaban J connectivity index is 1.85. The van der Waals surface area contributed by atoms with Gasteiger partial charge < -0.3 is 10.3 Å². The van der Waals surface area contributed by atoms with E-state index in [1.165, 1.54) is 0 Å². The van der Waals surface area contributed by atoms with E-state index in [2.05, 4.69) is 15.3 Å². The van der Waals surface area contributed by atoms with E-state index in [-0.39, 0.29) is 0 Å². The van der Waals surface area contributed by atoms with Gasteiger partial charge in [0.05, 0.1) is 17.1 Å². The van der Waals surface area contributed by atoms with Crippen LogP contribution in [0, 0.1) is 11.3 Å². The van der Waals surface area contributed by atoms with Crippen LogP contribution in [0.5, 0.6) is 0 Å². The van der Waals surface area contributed by atoms with Gasteiger partial charge in [-0.3, -0.25) is 4.79 Å². The van der Waals surface area contributed by atoms with Crippen molar-refractivity contribution in [3.8, 4) is 6.07 Å². The number of aromatic nitrogens is 2. The first-order valence-electron chi connectivity index (χ1n) is 6.58. The number of imidazole rings is 1. The molecule has 2 N–H and O–H groups in total. The largest absolute Gasteiger partial charge is 0.340 e. The minimum atomic E-state index is -1.01. The lowest BCUT2D eigenvalue weighted by Gasteiger charge is -2.08. The maximum Gasteiger partial charge on any atom is 0.249 e. The van der Waals surface area contributed by atoms with E-state index >= 15 is 0 Å². The Morgan fingerprint density at radius 1 is 1.23 bits per heavy atom. The number of H-pyrrole nitrogens is 1. The number of carbonyl (C=O) groups is 1. The molecule has 0 aliphatic heterocycles. The summed E-state index contributed by atoms with van der Waals surface area (Å²) < 4.78 is 0. The number of para-hydroxylation sites is 2. The van der Waals surface area contributed by atoms with Crippen molar-refractivity contribution in [3.05, 3.63) is 59.4 Å². The Kier molecular flexibility index (Phi) is 3.77. The number of hydrogen-bond acceptors (Lipinski definition) is 3. The van der Waals surface area contributed by atoms with E-state index in [4.69, 9.17) is 11.6 Å². The normalized spacial score (nSPS) is 11.8. The predicted octanol–water partition coefficient (Wildman–Crippen LogP) is 3.46. The summed E-state index contributed by atoms with van der Waals surface area (Å²) in [6, 6.07) is 16.0. The van der Waals surface area contributed by atoms with Gasteiger partial charge in [-0.2, -0.15) is 5.26 Å². The van der Waals surface area contributed by atoms with Crippen LogP contribution in [0.1, 0.15) is 11.7 Å². The van der Waals surface area contributed by atoms with Crippen molar-refractivity contribution in [2.45, 2.75) is 5.92 Å². The molecule has 6 heteroatoms. The highest BCUT2D eigenvalue weighted by Gasteiger charge is 2.23. The van der Waals surface area contributed by atoms with E-state index < -0.39 is 11.8 Å². The van der Waals surface area contributed by atoms with Gasteiger partial charge in [-0.1, -0.05) is 23.7 Å². The quantitative estimate of drug-likeness (QED) is 0.777. The molecule has 108 valence electrons. The van der Waals surface area contributed by atoms with Crippen LogP contribution in [-0.4, -0.2) is 15.9 Å². The molecular formula is C16H11ClN4O. The van der Waals surface area contributed by atoms with Gasteiger partial charge in [-0.15, -0.1) is 0 Å². The van der Waals surface area contributed by atoms with Crippen LogP contribution in [0.15, 0.2) is 48.5 Å². The summed E-state index contributed by atoms with van der Waals surface area (Å²) in [7, 11) is 0. The molecule has 0 saturated heterocycles. The predicted molar refractivity (Wildman–Crippen MR) is 84.5 cm³/mol. The lowest BCUT2D eigenvalue weighted by molar-refractivity contribution is -0.116. The first kappa shape index (κ1) is 14.1. The highest BCUT2D eigenvalue weighted by atomic mass is 35.5. The topological polar surface area (TPSA) is 81.6 Å². The first-order chi connectivity index (χ1) is 10.7. The molecule has 2 aromatic carbocycles. The second kappa shape index (κ2) is 5.88. The molecule has 0 spiro atoms. The van der Waals surface area contributed by atoms with Crippen molar-refractivity contribution >= 4 is 34.2 Å². The number of rotatable bonds is 3. The summed E-state index contributed by atoms with van der Waals surface area (Å²) in [4.78, 5) is 19.6. The second-order valence-electron chi connectivity index (χ2n) is 4.70. The number of hydrogen-bond donors (Lipinski definition) is 2. The zero-order chi connectivity index (χ0) is 15.5. The zero-order valence-corrected chi connectivity index (χ0v) is 12.1. The summed E-state index contributed by atoms with van der Waals surface area (Å²) in [5, 5.41) is 12.6. The van der Waals surface area contributed by atoms with Crippen LogP contribution in [-0.2, 0) is 4.79 Å². The highest BCUT2D eigenvalue weighted by Crippen LogP contribution is 2.20. The van der Waals surface area contributed by atoms with E-state index in [1.807, 2.05) is 30.3 Å². The molecule has 3 aromatic rings. The van der Waals surface area contributed by atoms with Crippen LogP contribution >= 0.6 is 11.6 Å². The number of nitrogens with one attached hydrogen (secondary N) is 2. The lowest BCUT2D eigenvalue weighted by Crippen LogP contribution is -2.20. The molecule has 1 atom stereocenters. The van der Waals surface area contributed by atoms with Gasteiger partial charge in [-0.05, 0) is 36.4 Å². The Hall–Kier alpha value is -2.84. The third-order valence-electron chi connectivity index (χ3n) is 3.18. The molecule has 0 radical (unpaired) electrons. The van der Waals surface area contributed by atoms with Gasteiger partial charge in [-0.25, -0.2) is 4.98 Å². The van der Waals surface area contributed by atoms with Gasteiger partial charge in [0.15, 0.2) is 5.92 Å². The van der Waals surface area contributed by atoms with Crippen molar-refractivity contribution in [2.24, 2.45) is 0 Å². The van der Waals surface area contributed by atoms with E-state index in [9.17, 15) is 10.1 Å². The maximum atomic E-state index is 12.3. The number of nitriles is 1. The molecule has 1 amide bonds. The molecule has 1 heterocycles. The lowest BCUT2D eigenvalue weighted by atomic mass is 10.1. The van der Waals surface area contributed by atoms with Crippen LogP contribution in [0.3, 0.4) is 0 Å². The van der Waals surface area contributed by atoms with Crippen molar-refractivity contribution in [2.75, 3.05) is 5.32 Å². The average molecular weight is 311 g/mol. The van der Waals surface area contributed by atoms with Crippen molar-refractivity contribution in [3.63, 3.8) is 0 Å². The number of benzene rings is 2. The summed E-state index contributed by atoms with van der Waals surface area (Å²) in [5.41, 5.74) is 2.08. The van der Waals surface area contributed by atoms with Crippen LogP contribution in [0.25, 0.3) is 11.0 Å². The first-order valence-corrected chi connectivity index (χ1v) is 6.96. The molecule has 0 bridgehead atoms. The van der Waals surface area contributed by atoms with E-state index in [0.29, 0.717) is 16.5 Å². The second-order valence-corrected chi connectivity index (χ2v) is 5.13. The molecule has 3 rings (SSSR count). The minimum Gasteiger partial charge on any atom is -0.340 e. The summed E-state index contributed by atoms with van der Waals surface area (Å²) in [6.07, 6.45) is 0. The van der Waals surface area contributed by atoms with Crippen LogP contribution in [0.4, 0.5) is 5.69 Å². The third kappa shape index (κ3) is 2.78. The number of halogens is 1. The van der Waals surface area contributed by atoms with Crippen molar-refractivity contribution in [1.29, 1.82) is 5.26 Å². The van der Waals surface area contributed by atoms with Gasteiger partial charge in [0.1, 0.15) is 5.82 Å². The molecule has 22 heavy (non-hydrogen) atoms. The molecule has 1 aromatic heterocycles. The van der Waals surface area contributed by atoms with Gasteiger partial charge in [0.2, 0.25) is 5.91 Å². The molecule has 0 fully saturated rings. The van der Waals surface area contributed by atoms with Crippen molar-refractivity contribution < 1.29 is 4.79 Å². The summed E-state index contributed by atoms with van der Waals surface area (Å²) in [5.74, 6) is -1.12. The Bertz CT molecular complexity index is 831. The Morgan fingerprint density at radius 2 is 1.95 bits per heavy atom. The molecule has 1 unspecified atom stereocenters. The number of nitrogens with zero attached hydrogens (tertiary/aromatic N) is 2. The highest BCUT2D eigenvalue weighted by molar-refractivity contribution is 6.30. The number of carbonyl (C=O) groups excluding carboxylic acids is 1. The van der Waals surface area contributed by atoms with Gasteiger partial charge in [0, 0.05) is 10.7 Å². The standard InChI is InChI=1S/C16H11ClN4O/c17-10-5-7-11(8-6-10)19-16(22)12(9-18)15-20-13-3-1-2-4-14(13)21-15/h1-8,12H,(H,19,22)(H,20,21). The Labute approximate surface area is 131 Å². The van der Waals surface area contributed by atoms with Crippen LogP contribution in [0.2, 0.25) is 5.02 Å². The molecule has 0 aliphatic rings. The number of anilines is 1. The summed E-state index contributed by atoms with van der Waals surface area (Å²) >= 11 is 5.80. The van der Waals surface area contributed by atoms with E-state index in [1.54, 1.807) is 24.3 Å². The zero-order valence-electron chi connectivity index (χ0n) is 11.4. The molecule has 5 nitrogen and oxygen atoms in total. The monoisotopic (exact) mass is 310 g/mol. The van der Waals surface area contributed by atoms with Gasteiger partial charge >= 0.3 is 0 Å². The summed E-state index contributed by atoms with van der Waals surface area (Å²) in [6.45, 7) is 0. The Morgan fingerprint density at radius 3 is 2.64 bits per heavy atom. The fraction of sp³-hybridized carbons (Fsp3) is 0.0625. The fourth-order valence-corrected chi connectivity index (χ4v) is 2.23. The van der Waals surface area contributed by atoms with Crippen LogP contribution < -0.4 is 5.32 Å². The molecule has 0 aliphatic carbocycles. The van der Waals surface area contributed by atoms with Gasteiger partial charge in [0.25, 0.3) is 0 Å². The smallest absolute Gasteiger partial charge is 0.249 e. The van der Waals surface area contributed by atoms with E-state index in [0.717, 1.165) is 11.0 Å². The third-order valence-corrected chi connectivity index (χ3v) is 3.44. The maximum absolute atomic E-state index is 12.3. The average Bonchev–Trinajstić information content (AvgIpc) is 2.94. The van der Waals surface area contributed by atoms with Crippen molar-refractivity contribution in [1.82, 2.24) is 9.97 Å².